The molecular formula is C35H67NO3. The maximum absolute atomic E-state index is 12.3. The monoisotopic (exact) mass is 550 g/mol. The topological polar surface area (TPSA) is 69.6 Å². The van der Waals surface area contributed by atoms with Crippen LogP contribution in [0.1, 0.15) is 174 Å². The van der Waals surface area contributed by atoms with Crippen LogP contribution in [0.2, 0.25) is 0 Å². The largest absolute Gasteiger partial charge is 0.394 e. The number of carbonyl (C=O) groups is 1. The van der Waals surface area contributed by atoms with E-state index in [0.29, 0.717) is 12.8 Å². The van der Waals surface area contributed by atoms with Gasteiger partial charge < -0.3 is 15.5 Å². The smallest absolute Gasteiger partial charge is 0.220 e. The van der Waals surface area contributed by atoms with Crippen molar-refractivity contribution in [3.63, 3.8) is 0 Å². The molecule has 0 saturated carbocycles. The highest BCUT2D eigenvalue weighted by atomic mass is 16.3. The second kappa shape index (κ2) is 31.4. The van der Waals surface area contributed by atoms with Crippen molar-refractivity contribution in [1.29, 1.82) is 0 Å². The van der Waals surface area contributed by atoms with Crippen LogP contribution in [0.25, 0.3) is 0 Å². The van der Waals surface area contributed by atoms with Crippen LogP contribution in [0.5, 0.6) is 0 Å². The molecule has 1 amide bonds. The number of hydrogen-bond acceptors (Lipinski definition) is 3. The van der Waals surface area contributed by atoms with Crippen LogP contribution in [-0.2, 0) is 4.79 Å². The number of carbonyl (C=O) groups excluding carboxylic acids is 1. The lowest BCUT2D eigenvalue weighted by Gasteiger charge is -2.22. The van der Waals surface area contributed by atoms with Gasteiger partial charge in [0.15, 0.2) is 0 Å². The molecular weight excluding hydrogens is 482 g/mol. The van der Waals surface area contributed by atoms with Gasteiger partial charge in [-0.15, -0.1) is 0 Å². The van der Waals surface area contributed by atoms with Gasteiger partial charge in [0.25, 0.3) is 0 Å². The van der Waals surface area contributed by atoms with Gasteiger partial charge in [-0.25, -0.2) is 0 Å². The van der Waals surface area contributed by atoms with Gasteiger partial charge in [0.05, 0.1) is 18.8 Å². The number of aliphatic hydroxyl groups is 2. The first-order valence-electron chi connectivity index (χ1n) is 17.0. The molecule has 0 radical (unpaired) electrons. The van der Waals surface area contributed by atoms with Crippen LogP contribution < -0.4 is 5.32 Å². The molecule has 0 aliphatic carbocycles. The molecule has 4 heteroatoms. The number of rotatable bonds is 30. The van der Waals surface area contributed by atoms with Crippen LogP contribution in [0.3, 0.4) is 0 Å². The Hall–Kier alpha value is -1.13. The van der Waals surface area contributed by atoms with Crippen molar-refractivity contribution in [3.8, 4) is 0 Å². The summed E-state index contributed by atoms with van der Waals surface area (Å²) in [5, 5.41) is 22.9. The lowest BCUT2D eigenvalue weighted by Crippen LogP contribution is -2.45. The van der Waals surface area contributed by atoms with E-state index in [1.165, 1.54) is 109 Å². The third-order valence-electron chi connectivity index (χ3n) is 7.68. The van der Waals surface area contributed by atoms with Gasteiger partial charge in [-0.1, -0.05) is 128 Å². The van der Waals surface area contributed by atoms with Crippen molar-refractivity contribution in [2.45, 2.75) is 187 Å². The van der Waals surface area contributed by atoms with Crippen molar-refractivity contribution >= 4 is 5.91 Å². The average Bonchev–Trinajstić information content (AvgIpc) is 2.94. The molecule has 3 N–H and O–H groups in total. The van der Waals surface area contributed by atoms with E-state index in [1.807, 2.05) is 0 Å². The van der Waals surface area contributed by atoms with E-state index in [2.05, 4.69) is 43.5 Å². The van der Waals surface area contributed by atoms with Gasteiger partial charge >= 0.3 is 0 Å². The number of unbranched alkanes of at least 4 members (excludes halogenated alkanes) is 19. The molecule has 0 aromatic rings. The molecule has 39 heavy (non-hydrogen) atoms. The van der Waals surface area contributed by atoms with E-state index in [-0.39, 0.29) is 12.5 Å². The van der Waals surface area contributed by atoms with Crippen LogP contribution >= 0.6 is 0 Å². The fourth-order valence-electron chi connectivity index (χ4n) is 4.99. The molecule has 2 atom stereocenters. The zero-order valence-electron chi connectivity index (χ0n) is 26.2. The van der Waals surface area contributed by atoms with Crippen LogP contribution in [0, 0.1) is 0 Å². The van der Waals surface area contributed by atoms with Gasteiger partial charge in [-0.2, -0.15) is 0 Å². The van der Waals surface area contributed by atoms with Gasteiger partial charge in [0.2, 0.25) is 5.91 Å². The minimum atomic E-state index is -0.681. The second-order valence-electron chi connectivity index (χ2n) is 11.6. The maximum Gasteiger partial charge on any atom is 0.220 e. The highest BCUT2D eigenvalue weighted by Gasteiger charge is 2.19. The zero-order valence-corrected chi connectivity index (χ0v) is 26.2. The number of aliphatic hydroxyl groups excluding tert-OH is 2. The first kappa shape index (κ1) is 37.9. The molecule has 4 nitrogen and oxygen atoms in total. The summed E-state index contributed by atoms with van der Waals surface area (Å²) in [6.45, 7) is 4.30. The summed E-state index contributed by atoms with van der Waals surface area (Å²) in [5.41, 5.74) is 0. The Morgan fingerprint density at radius 2 is 0.974 bits per heavy atom. The summed E-state index contributed by atoms with van der Waals surface area (Å²) in [7, 11) is 0. The fraction of sp³-hybridized carbons (Fsp3) is 0.857. The van der Waals surface area contributed by atoms with Crippen molar-refractivity contribution in [2.75, 3.05) is 6.61 Å². The Balaban J connectivity index is 3.65. The highest BCUT2D eigenvalue weighted by molar-refractivity contribution is 5.76. The molecule has 0 bridgehead atoms. The van der Waals surface area contributed by atoms with Crippen molar-refractivity contribution in [1.82, 2.24) is 5.32 Å². The first-order valence-corrected chi connectivity index (χ1v) is 17.0. The Morgan fingerprint density at radius 1 is 0.590 bits per heavy atom. The average molecular weight is 550 g/mol. The summed E-state index contributed by atoms with van der Waals surface area (Å²) in [5.74, 6) is -0.0528. The standard InChI is InChI=1S/C35H67NO3/c1-3-5-7-9-11-13-15-17-19-20-22-24-26-28-30-34(38)33(32-37)36-35(39)31-29-27-25-23-21-18-16-14-12-10-8-6-4-2/h14,16,20,22,33-34,37-38H,3-13,15,17-19,21,23-32H2,1-2H3,(H,36,39)/b16-14+,22-20+/t33-,34+/m0/s1. The number of amides is 1. The fourth-order valence-corrected chi connectivity index (χ4v) is 4.99. The zero-order chi connectivity index (χ0) is 28.7. The van der Waals surface area contributed by atoms with Crippen LogP contribution in [0.4, 0.5) is 0 Å². The van der Waals surface area contributed by atoms with Gasteiger partial charge in [-0.3, -0.25) is 4.79 Å². The van der Waals surface area contributed by atoms with E-state index in [0.717, 1.165) is 38.5 Å². The number of hydrogen-bond donors (Lipinski definition) is 3. The van der Waals surface area contributed by atoms with Gasteiger partial charge in [-0.05, 0) is 64.2 Å². The lowest BCUT2D eigenvalue weighted by molar-refractivity contribution is -0.123. The summed E-state index contributed by atoms with van der Waals surface area (Å²) in [4.78, 5) is 12.3. The van der Waals surface area contributed by atoms with E-state index in [1.54, 1.807) is 0 Å². The second-order valence-corrected chi connectivity index (χ2v) is 11.6. The minimum Gasteiger partial charge on any atom is -0.394 e. The third-order valence-corrected chi connectivity index (χ3v) is 7.68. The summed E-state index contributed by atoms with van der Waals surface area (Å²) in [6, 6.07) is -0.552. The molecule has 0 spiro atoms. The molecule has 0 fully saturated rings. The number of allylic oxidation sites excluding steroid dienone is 4. The number of nitrogens with one attached hydrogen (secondary N) is 1. The molecule has 0 aliphatic heterocycles. The molecule has 0 rings (SSSR count). The molecule has 230 valence electrons. The Bertz CT molecular complexity index is 560. The first-order chi connectivity index (χ1) is 19.2. The summed E-state index contributed by atoms with van der Waals surface area (Å²) in [6.07, 6.45) is 37.9. The maximum atomic E-state index is 12.3. The Labute approximate surface area is 243 Å². The lowest BCUT2D eigenvalue weighted by atomic mass is 10.0. The Morgan fingerprint density at radius 3 is 1.44 bits per heavy atom. The highest BCUT2D eigenvalue weighted by Crippen LogP contribution is 2.12. The van der Waals surface area contributed by atoms with Crippen molar-refractivity contribution < 1.29 is 15.0 Å². The van der Waals surface area contributed by atoms with Crippen molar-refractivity contribution in [2.24, 2.45) is 0 Å². The molecule has 0 aromatic heterocycles. The van der Waals surface area contributed by atoms with Crippen LogP contribution in [0.15, 0.2) is 24.3 Å². The molecule has 0 unspecified atom stereocenters. The van der Waals surface area contributed by atoms with E-state index in [9.17, 15) is 15.0 Å². The normalized spacial score (nSPS) is 13.4. The predicted octanol–water partition coefficient (Wildman–Crippen LogP) is 9.73. The predicted molar refractivity (Wildman–Crippen MR) is 170 cm³/mol. The van der Waals surface area contributed by atoms with E-state index < -0.39 is 12.1 Å². The molecule has 0 aromatic carbocycles. The van der Waals surface area contributed by atoms with Gasteiger partial charge in [0.1, 0.15) is 0 Å². The summed E-state index contributed by atoms with van der Waals surface area (Å²) < 4.78 is 0. The van der Waals surface area contributed by atoms with Crippen molar-refractivity contribution in [3.05, 3.63) is 24.3 Å². The minimum absolute atomic E-state index is 0.0528. The van der Waals surface area contributed by atoms with E-state index >= 15 is 0 Å². The van der Waals surface area contributed by atoms with Crippen LogP contribution in [-0.4, -0.2) is 34.9 Å². The Kier molecular flexibility index (Phi) is 30.5. The van der Waals surface area contributed by atoms with E-state index in [4.69, 9.17) is 0 Å². The molecule has 0 saturated heterocycles. The molecule has 0 aliphatic rings. The SMILES string of the molecule is CCCCCC/C=C/CCCCCCCC(=O)N[C@@H](CO)[C@H](O)CCCC/C=C/CCCCCCCCCC. The summed E-state index contributed by atoms with van der Waals surface area (Å²) >= 11 is 0. The quantitative estimate of drug-likeness (QED) is 0.0617. The molecule has 0 heterocycles. The third kappa shape index (κ3) is 28.2. The van der Waals surface area contributed by atoms with Gasteiger partial charge in [0, 0.05) is 6.42 Å².